The van der Waals surface area contributed by atoms with Gasteiger partial charge in [-0.25, -0.2) is 0 Å². The first kappa shape index (κ1) is 11.6. The number of thiophene rings is 1. The summed E-state index contributed by atoms with van der Waals surface area (Å²) in [6.07, 6.45) is 2.02. The minimum absolute atomic E-state index is 0.489. The molecule has 0 unspecified atom stereocenters. The quantitative estimate of drug-likeness (QED) is 0.688. The van der Waals surface area contributed by atoms with Crippen LogP contribution in [0.1, 0.15) is 24.6 Å². The molecule has 2 heterocycles. The van der Waals surface area contributed by atoms with Gasteiger partial charge >= 0.3 is 0 Å². The largest absolute Gasteiger partial charge is 0.371 e. The van der Waals surface area contributed by atoms with Crippen LogP contribution < -0.4 is 10.6 Å². The summed E-state index contributed by atoms with van der Waals surface area (Å²) < 4.78 is 0. The summed E-state index contributed by atoms with van der Waals surface area (Å²) in [5, 5.41) is 16.4. The maximum absolute atomic E-state index is 7.57. The Balaban J connectivity index is 1.63. The summed E-state index contributed by atoms with van der Waals surface area (Å²) >= 11 is 1.79. The van der Waals surface area contributed by atoms with Gasteiger partial charge in [0, 0.05) is 23.9 Å². The zero-order chi connectivity index (χ0) is 11.4. The van der Waals surface area contributed by atoms with Gasteiger partial charge in [0.15, 0.2) is 0 Å². The molecule has 1 saturated heterocycles. The monoisotopic (exact) mass is 237 g/mol. The first-order valence-corrected chi connectivity index (χ1v) is 6.70. The van der Waals surface area contributed by atoms with Crippen LogP contribution in [0.25, 0.3) is 0 Å². The lowest BCUT2D eigenvalue weighted by Crippen LogP contribution is -2.31. The van der Waals surface area contributed by atoms with Crippen LogP contribution in [0.3, 0.4) is 0 Å². The van der Waals surface area contributed by atoms with Gasteiger partial charge in [-0.3, -0.25) is 5.41 Å². The Morgan fingerprint density at radius 3 is 3.12 bits per heavy atom. The van der Waals surface area contributed by atoms with Crippen molar-refractivity contribution in [2.45, 2.75) is 32.4 Å². The molecule has 3 nitrogen and oxygen atoms in total. The zero-order valence-corrected chi connectivity index (χ0v) is 10.4. The number of hydrogen-bond acceptors (Lipinski definition) is 3. The van der Waals surface area contributed by atoms with E-state index in [1.165, 1.54) is 4.88 Å². The molecule has 1 aromatic heterocycles. The van der Waals surface area contributed by atoms with Crippen molar-refractivity contribution in [3.05, 3.63) is 22.4 Å². The lowest BCUT2D eigenvalue weighted by atomic mass is 10.0. The molecule has 3 N–H and O–H groups in total. The molecule has 0 amide bonds. The van der Waals surface area contributed by atoms with E-state index in [0.717, 1.165) is 25.9 Å². The minimum Gasteiger partial charge on any atom is -0.371 e. The average molecular weight is 237 g/mol. The molecule has 2 atom stereocenters. The molecule has 4 heteroatoms. The number of rotatable bonds is 5. The SMILES string of the molecule is C[C@@H]1CC(=N)N[C@@H]1CCNCc1cccs1. The first-order valence-electron chi connectivity index (χ1n) is 5.83. The highest BCUT2D eigenvalue weighted by Crippen LogP contribution is 2.18. The van der Waals surface area contributed by atoms with Crippen LogP contribution in [0.15, 0.2) is 17.5 Å². The summed E-state index contributed by atoms with van der Waals surface area (Å²) in [5.74, 6) is 1.31. The molecule has 2 rings (SSSR count). The van der Waals surface area contributed by atoms with Gasteiger partial charge in [0.05, 0.1) is 5.84 Å². The number of hydrogen-bond donors (Lipinski definition) is 3. The van der Waals surface area contributed by atoms with E-state index in [1.54, 1.807) is 11.3 Å². The molecular formula is C12H19N3S. The summed E-state index contributed by atoms with van der Waals surface area (Å²) in [5.41, 5.74) is 0. The van der Waals surface area contributed by atoms with Gasteiger partial charge in [-0.1, -0.05) is 13.0 Å². The van der Waals surface area contributed by atoms with Gasteiger partial charge in [0.2, 0.25) is 0 Å². The van der Waals surface area contributed by atoms with Crippen LogP contribution in [0.4, 0.5) is 0 Å². The van der Waals surface area contributed by atoms with Gasteiger partial charge in [-0.05, 0) is 30.3 Å². The Labute approximate surface area is 101 Å². The first-order chi connectivity index (χ1) is 7.75. The van der Waals surface area contributed by atoms with E-state index < -0.39 is 0 Å². The normalized spacial score (nSPS) is 24.7. The molecule has 1 aliphatic heterocycles. The summed E-state index contributed by atoms with van der Waals surface area (Å²) in [7, 11) is 0. The number of nitrogens with one attached hydrogen (secondary N) is 3. The fourth-order valence-corrected chi connectivity index (χ4v) is 2.80. The topological polar surface area (TPSA) is 47.9 Å². The zero-order valence-electron chi connectivity index (χ0n) is 9.62. The van der Waals surface area contributed by atoms with Gasteiger partial charge in [-0.15, -0.1) is 11.3 Å². The second-order valence-corrected chi connectivity index (χ2v) is 5.49. The molecule has 0 aromatic carbocycles. The Hall–Kier alpha value is -0.870. The highest BCUT2D eigenvalue weighted by Gasteiger charge is 2.25. The van der Waals surface area contributed by atoms with Crippen molar-refractivity contribution in [2.24, 2.45) is 5.92 Å². The van der Waals surface area contributed by atoms with Crippen molar-refractivity contribution in [1.82, 2.24) is 10.6 Å². The van der Waals surface area contributed by atoms with E-state index in [1.807, 2.05) is 0 Å². The molecule has 0 spiro atoms. The Morgan fingerprint density at radius 1 is 1.62 bits per heavy atom. The van der Waals surface area contributed by atoms with Gasteiger partial charge in [-0.2, -0.15) is 0 Å². The van der Waals surface area contributed by atoms with E-state index in [0.29, 0.717) is 17.8 Å². The Morgan fingerprint density at radius 2 is 2.50 bits per heavy atom. The minimum atomic E-state index is 0.489. The fourth-order valence-electron chi connectivity index (χ4n) is 2.13. The van der Waals surface area contributed by atoms with Gasteiger partial charge < -0.3 is 10.6 Å². The third-order valence-electron chi connectivity index (χ3n) is 3.08. The fraction of sp³-hybridized carbons (Fsp3) is 0.583. The van der Waals surface area contributed by atoms with Crippen molar-refractivity contribution in [3.63, 3.8) is 0 Å². The highest BCUT2D eigenvalue weighted by atomic mass is 32.1. The lowest BCUT2D eigenvalue weighted by molar-refractivity contribution is 0.441. The number of amidine groups is 1. The summed E-state index contributed by atoms with van der Waals surface area (Å²) in [6.45, 7) is 4.21. The molecule has 0 bridgehead atoms. The van der Waals surface area contributed by atoms with E-state index in [-0.39, 0.29) is 0 Å². The molecule has 1 aliphatic rings. The molecule has 1 aromatic rings. The summed E-state index contributed by atoms with van der Waals surface area (Å²) in [4.78, 5) is 1.39. The van der Waals surface area contributed by atoms with Crippen molar-refractivity contribution >= 4 is 17.2 Å². The third kappa shape index (κ3) is 3.06. The van der Waals surface area contributed by atoms with E-state index in [9.17, 15) is 0 Å². The smallest absolute Gasteiger partial charge is 0.0937 e. The second-order valence-electron chi connectivity index (χ2n) is 4.46. The Kier molecular flexibility index (Phi) is 3.96. The van der Waals surface area contributed by atoms with Gasteiger partial charge in [0.1, 0.15) is 0 Å². The van der Waals surface area contributed by atoms with Crippen LogP contribution in [0, 0.1) is 11.3 Å². The molecular weight excluding hydrogens is 218 g/mol. The third-order valence-corrected chi connectivity index (χ3v) is 3.96. The van der Waals surface area contributed by atoms with E-state index >= 15 is 0 Å². The maximum Gasteiger partial charge on any atom is 0.0937 e. The Bertz CT molecular complexity index is 334. The average Bonchev–Trinajstić information content (AvgIpc) is 2.84. The molecule has 16 heavy (non-hydrogen) atoms. The molecule has 88 valence electrons. The van der Waals surface area contributed by atoms with E-state index in [4.69, 9.17) is 5.41 Å². The molecule has 0 radical (unpaired) electrons. The maximum atomic E-state index is 7.57. The van der Waals surface area contributed by atoms with Crippen LogP contribution >= 0.6 is 11.3 Å². The second kappa shape index (κ2) is 5.46. The standard InChI is InChI=1S/C12H19N3S/c1-9-7-12(13)15-11(9)4-5-14-8-10-3-2-6-16-10/h2-3,6,9,11,14H,4-5,7-8H2,1H3,(H2,13,15)/t9-,11-/m1/s1. The van der Waals surface area contributed by atoms with Crippen LogP contribution in [0.5, 0.6) is 0 Å². The highest BCUT2D eigenvalue weighted by molar-refractivity contribution is 7.09. The summed E-state index contributed by atoms with van der Waals surface area (Å²) in [6, 6.07) is 4.73. The molecule has 0 saturated carbocycles. The van der Waals surface area contributed by atoms with Crippen LogP contribution in [-0.4, -0.2) is 18.4 Å². The van der Waals surface area contributed by atoms with Crippen molar-refractivity contribution < 1.29 is 0 Å². The van der Waals surface area contributed by atoms with E-state index in [2.05, 4.69) is 35.1 Å². The van der Waals surface area contributed by atoms with Crippen LogP contribution in [-0.2, 0) is 6.54 Å². The predicted molar refractivity (Wildman–Crippen MR) is 69.1 cm³/mol. The lowest BCUT2D eigenvalue weighted by Gasteiger charge is -2.15. The van der Waals surface area contributed by atoms with Crippen molar-refractivity contribution in [3.8, 4) is 0 Å². The predicted octanol–water partition coefficient (Wildman–Crippen LogP) is 2.20. The molecule has 0 aliphatic carbocycles. The van der Waals surface area contributed by atoms with Crippen LogP contribution in [0.2, 0.25) is 0 Å². The van der Waals surface area contributed by atoms with Crippen molar-refractivity contribution in [2.75, 3.05) is 6.54 Å². The van der Waals surface area contributed by atoms with Crippen molar-refractivity contribution in [1.29, 1.82) is 5.41 Å². The molecule has 1 fully saturated rings. The van der Waals surface area contributed by atoms with Gasteiger partial charge in [0.25, 0.3) is 0 Å².